The predicted molar refractivity (Wildman–Crippen MR) is 71.6 cm³/mol. The largest absolute Gasteiger partial charge is 0.397 e. The Hall–Kier alpha value is -2.08. The first-order valence-corrected chi connectivity index (χ1v) is 5.77. The molecule has 0 fully saturated rings. The van der Waals surface area contributed by atoms with Crippen molar-refractivity contribution in [3.8, 4) is 0 Å². The third kappa shape index (κ3) is 2.60. The van der Waals surface area contributed by atoms with Gasteiger partial charge in [0.05, 0.1) is 34.7 Å². The molecule has 1 aromatic carbocycles. The van der Waals surface area contributed by atoms with E-state index < -0.39 is 0 Å². The predicted octanol–water partition coefficient (Wildman–Crippen LogP) is 0.688. The number of fused-ring (bicyclic) bond motifs is 1. The number of aliphatic hydroxyl groups is 1. The number of nitrogen functional groups attached to an aromatic ring is 1. The summed E-state index contributed by atoms with van der Waals surface area (Å²) < 4.78 is 0. The van der Waals surface area contributed by atoms with Gasteiger partial charge in [0, 0.05) is 6.54 Å². The van der Waals surface area contributed by atoms with Crippen LogP contribution in [0.4, 0.5) is 11.4 Å². The van der Waals surface area contributed by atoms with E-state index in [9.17, 15) is 9.90 Å². The first-order chi connectivity index (χ1) is 8.58. The number of aromatic amines is 1. The Labute approximate surface area is 104 Å². The summed E-state index contributed by atoms with van der Waals surface area (Å²) in [6, 6.07) is 3.34. The molecule has 0 aliphatic heterocycles. The van der Waals surface area contributed by atoms with Crippen molar-refractivity contribution in [1.82, 2.24) is 9.97 Å². The molecule has 6 heteroatoms. The maximum Gasteiger partial charge on any atom is 0.258 e. The third-order valence-corrected chi connectivity index (χ3v) is 2.69. The number of nitrogens with one attached hydrogen (secondary N) is 2. The molecule has 18 heavy (non-hydrogen) atoms. The lowest BCUT2D eigenvalue weighted by Crippen LogP contribution is -2.12. The van der Waals surface area contributed by atoms with E-state index in [0.717, 1.165) is 5.69 Å². The molecule has 1 atom stereocenters. The standard InChI is InChI=1S/C12H16N4O2/c1-7(17)2-3-14-11-5-10-8(4-9(11)13)12(18)16-6-15-10/h4-7,14,17H,2-3,13H2,1H3,(H,15,16,18). The first kappa shape index (κ1) is 12.4. The van der Waals surface area contributed by atoms with E-state index in [1.54, 1.807) is 19.1 Å². The highest BCUT2D eigenvalue weighted by Crippen LogP contribution is 2.22. The van der Waals surface area contributed by atoms with E-state index in [2.05, 4.69) is 15.3 Å². The van der Waals surface area contributed by atoms with E-state index in [0.29, 0.717) is 29.6 Å². The van der Waals surface area contributed by atoms with Crippen LogP contribution in [-0.2, 0) is 0 Å². The zero-order chi connectivity index (χ0) is 13.1. The van der Waals surface area contributed by atoms with Crippen LogP contribution in [0.15, 0.2) is 23.3 Å². The lowest BCUT2D eigenvalue weighted by molar-refractivity contribution is 0.189. The Morgan fingerprint density at radius 2 is 2.33 bits per heavy atom. The topological polar surface area (TPSA) is 104 Å². The number of H-pyrrole nitrogens is 1. The summed E-state index contributed by atoms with van der Waals surface area (Å²) in [6.45, 7) is 2.34. The smallest absolute Gasteiger partial charge is 0.258 e. The molecule has 1 heterocycles. The molecule has 0 aliphatic carbocycles. The average Bonchev–Trinajstić information content (AvgIpc) is 2.31. The van der Waals surface area contributed by atoms with E-state index >= 15 is 0 Å². The van der Waals surface area contributed by atoms with E-state index in [4.69, 9.17) is 5.73 Å². The van der Waals surface area contributed by atoms with Gasteiger partial charge in [-0.05, 0) is 25.5 Å². The fraction of sp³-hybridized carbons (Fsp3) is 0.333. The van der Waals surface area contributed by atoms with Crippen LogP contribution < -0.4 is 16.6 Å². The first-order valence-electron chi connectivity index (χ1n) is 5.77. The van der Waals surface area contributed by atoms with E-state index in [-0.39, 0.29) is 11.7 Å². The highest BCUT2D eigenvalue weighted by atomic mass is 16.3. The summed E-state index contributed by atoms with van der Waals surface area (Å²) >= 11 is 0. The molecule has 96 valence electrons. The summed E-state index contributed by atoms with van der Waals surface area (Å²) in [7, 11) is 0. The highest BCUT2D eigenvalue weighted by Gasteiger charge is 2.05. The molecule has 2 aromatic rings. The zero-order valence-corrected chi connectivity index (χ0v) is 10.1. The van der Waals surface area contributed by atoms with E-state index in [1.165, 1.54) is 6.33 Å². The van der Waals surface area contributed by atoms with E-state index in [1.807, 2.05) is 0 Å². The number of aliphatic hydroxyl groups excluding tert-OH is 1. The van der Waals surface area contributed by atoms with Gasteiger partial charge in [-0.15, -0.1) is 0 Å². The van der Waals surface area contributed by atoms with Crippen LogP contribution in [0.2, 0.25) is 0 Å². The van der Waals surface area contributed by atoms with Crippen LogP contribution in [-0.4, -0.2) is 27.7 Å². The lowest BCUT2D eigenvalue weighted by atomic mass is 10.2. The van der Waals surface area contributed by atoms with Crippen LogP contribution in [0.25, 0.3) is 10.9 Å². The van der Waals surface area contributed by atoms with Crippen LogP contribution >= 0.6 is 0 Å². The second kappa shape index (κ2) is 5.05. The van der Waals surface area contributed by atoms with Crippen LogP contribution in [0, 0.1) is 0 Å². The second-order valence-corrected chi connectivity index (χ2v) is 4.25. The third-order valence-electron chi connectivity index (χ3n) is 2.69. The maximum atomic E-state index is 11.5. The fourth-order valence-electron chi connectivity index (χ4n) is 1.70. The minimum atomic E-state index is -0.361. The Balaban J connectivity index is 2.29. The van der Waals surface area contributed by atoms with Gasteiger partial charge in [-0.1, -0.05) is 0 Å². The molecule has 0 radical (unpaired) electrons. The fourth-order valence-corrected chi connectivity index (χ4v) is 1.70. The average molecular weight is 248 g/mol. The van der Waals surface area contributed by atoms with Gasteiger partial charge < -0.3 is 21.1 Å². The van der Waals surface area contributed by atoms with Crippen LogP contribution in [0.3, 0.4) is 0 Å². The number of hydrogen-bond donors (Lipinski definition) is 4. The van der Waals surface area contributed by atoms with Gasteiger partial charge in [-0.3, -0.25) is 4.79 Å². The SMILES string of the molecule is CC(O)CCNc1cc2nc[nH]c(=O)c2cc1N. The van der Waals surface area contributed by atoms with Crippen LogP contribution in [0.5, 0.6) is 0 Å². The molecule has 6 nitrogen and oxygen atoms in total. The molecule has 2 rings (SSSR count). The monoisotopic (exact) mass is 248 g/mol. The normalized spacial score (nSPS) is 12.6. The number of anilines is 2. The van der Waals surface area contributed by atoms with Crippen molar-refractivity contribution in [3.63, 3.8) is 0 Å². The molecular weight excluding hydrogens is 232 g/mol. The second-order valence-electron chi connectivity index (χ2n) is 4.25. The number of nitrogens with two attached hydrogens (primary N) is 1. The van der Waals surface area contributed by atoms with Gasteiger partial charge in [0.25, 0.3) is 5.56 Å². The van der Waals surface area contributed by atoms with Gasteiger partial charge in [0.2, 0.25) is 0 Å². The van der Waals surface area contributed by atoms with Gasteiger partial charge in [-0.25, -0.2) is 4.98 Å². The minimum absolute atomic E-state index is 0.206. The molecular formula is C12H16N4O2. The Morgan fingerprint density at radius 1 is 1.56 bits per heavy atom. The minimum Gasteiger partial charge on any atom is -0.397 e. The number of hydrogen-bond acceptors (Lipinski definition) is 5. The number of aromatic nitrogens is 2. The summed E-state index contributed by atoms with van der Waals surface area (Å²) in [4.78, 5) is 18.1. The summed E-state index contributed by atoms with van der Waals surface area (Å²) in [5, 5.41) is 12.8. The van der Waals surface area contributed by atoms with Gasteiger partial charge in [0.1, 0.15) is 0 Å². The zero-order valence-electron chi connectivity index (χ0n) is 10.1. The van der Waals surface area contributed by atoms with Crippen molar-refractivity contribution < 1.29 is 5.11 Å². The van der Waals surface area contributed by atoms with Crippen LogP contribution in [0.1, 0.15) is 13.3 Å². The molecule has 0 saturated heterocycles. The molecule has 0 aliphatic rings. The van der Waals surface area contributed by atoms with Gasteiger partial charge >= 0.3 is 0 Å². The van der Waals surface area contributed by atoms with Gasteiger partial charge in [-0.2, -0.15) is 0 Å². The molecule has 0 amide bonds. The lowest BCUT2D eigenvalue weighted by Gasteiger charge is -2.11. The van der Waals surface area contributed by atoms with Crippen molar-refractivity contribution >= 4 is 22.3 Å². The number of nitrogens with zero attached hydrogens (tertiary/aromatic N) is 1. The summed E-state index contributed by atoms with van der Waals surface area (Å²) in [6.07, 6.45) is 1.63. The summed E-state index contributed by atoms with van der Waals surface area (Å²) in [5.74, 6) is 0. The number of rotatable bonds is 4. The number of benzene rings is 1. The van der Waals surface area contributed by atoms with Crippen molar-refractivity contribution in [2.45, 2.75) is 19.4 Å². The van der Waals surface area contributed by atoms with Crippen molar-refractivity contribution in [1.29, 1.82) is 0 Å². The highest BCUT2D eigenvalue weighted by molar-refractivity contribution is 5.88. The molecule has 0 saturated carbocycles. The van der Waals surface area contributed by atoms with Crippen molar-refractivity contribution in [2.75, 3.05) is 17.6 Å². The Bertz CT molecular complexity index is 607. The van der Waals surface area contributed by atoms with Crippen molar-refractivity contribution in [2.24, 2.45) is 0 Å². The molecule has 5 N–H and O–H groups in total. The maximum absolute atomic E-state index is 11.5. The quantitative estimate of drug-likeness (QED) is 0.596. The molecule has 1 aromatic heterocycles. The molecule has 0 bridgehead atoms. The Morgan fingerprint density at radius 3 is 3.06 bits per heavy atom. The molecule has 1 unspecified atom stereocenters. The summed E-state index contributed by atoms with van der Waals surface area (Å²) in [5.41, 5.74) is 7.47. The van der Waals surface area contributed by atoms with Gasteiger partial charge in [0.15, 0.2) is 0 Å². The Kier molecular flexibility index (Phi) is 3.47. The van der Waals surface area contributed by atoms with Crippen molar-refractivity contribution in [3.05, 3.63) is 28.8 Å². The molecule has 0 spiro atoms.